The Morgan fingerprint density at radius 3 is 2.63 bits per heavy atom. The van der Waals surface area contributed by atoms with E-state index >= 15 is 0 Å². The average Bonchev–Trinajstić information content (AvgIpc) is 2.48. The molecule has 104 valence electrons. The van der Waals surface area contributed by atoms with Crippen molar-refractivity contribution in [2.24, 2.45) is 0 Å². The molecule has 1 aromatic rings. The molecule has 1 aliphatic heterocycles. The third kappa shape index (κ3) is 3.58. The lowest BCUT2D eigenvalue weighted by Gasteiger charge is -2.29. The second-order valence-corrected chi connectivity index (χ2v) is 4.82. The van der Waals surface area contributed by atoms with E-state index in [1.165, 1.54) is 0 Å². The summed E-state index contributed by atoms with van der Waals surface area (Å²) in [5, 5.41) is 0. The zero-order valence-electron chi connectivity index (χ0n) is 11.3. The van der Waals surface area contributed by atoms with Gasteiger partial charge in [-0.25, -0.2) is 0 Å². The van der Waals surface area contributed by atoms with Gasteiger partial charge < -0.3 is 19.1 Å². The van der Waals surface area contributed by atoms with E-state index < -0.39 is 0 Å². The van der Waals surface area contributed by atoms with Gasteiger partial charge in [-0.3, -0.25) is 0 Å². The minimum Gasteiger partial charge on any atom is -0.497 e. The molecule has 0 radical (unpaired) electrons. The highest BCUT2D eigenvalue weighted by molar-refractivity contribution is 7.80. The summed E-state index contributed by atoms with van der Waals surface area (Å²) in [6.45, 7) is 3.22. The monoisotopic (exact) mass is 281 g/mol. The van der Waals surface area contributed by atoms with Gasteiger partial charge in [0.2, 0.25) is 0 Å². The van der Waals surface area contributed by atoms with Crippen LogP contribution in [0.2, 0.25) is 0 Å². The third-order valence-electron chi connectivity index (χ3n) is 3.19. The van der Waals surface area contributed by atoms with E-state index in [-0.39, 0.29) is 0 Å². The Bertz CT molecular complexity index is 444. The first kappa shape index (κ1) is 14.1. The van der Waals surface area contributed by atoms with Crippen LogP contribution in [0, 0.1) is 0 Å². The summed E-state index contributed by atoms with van der Waals surface area (Å²) in [6.07, 6.45) is 0.690. The largest absolute Gasteiger partial charge is 0.497 e. The third-order valence-corrected chi connectivity index (χ3v) is 3.60. The first-order chi connectivity index (χ1) is 9.24. The van der Waals surface area contributed by atoms with Crippen LogP contribution in [-0.4, -0.2) is 50.4 Å². The molecule has 0 bridgehead atoms. The Morgan fingerprint density at radius 2 is 2.00 bits per heavy atom. The topological polar surface area (TPSA) is 30.9 Å². The number of morpholine rings is 1. The number of methoxy groups -OCH3 is 2. The molecule has 2 rings (SSSR count). The van der Waals surface area contributed by atoms with Crippen LogP contribution < -0.4 is 9.47 Å². The van der Waals surface area contributed by atoms with Crippen molar-refractivity contribution in [3.63, 3.8) is 0 Å². The number of hydrogen-bond acceptors (Lipinski definition) is 4. The number of hydrogen-bond donors (Lipinski definition) is 0. The zero-order chi connectivity index (χ0) is 13.7. The van der Waals surface area contributed by atoms with Crippen molar-refractivity contribution in [2.45, 2.75) is 6.42 Å². The predicted octanol–water partition coefficient (Wildman–Crippen LogP) is 1.91. The number of benzene rings is 1. The summed E-state index contributed by atoms with van der Waals surface area (Å²) in [7, 11) is 3.33. The van der Waals surface area contributed by atoms with E-state index in [0.29, 0.717) is 6.42 Å². The van der Waals surface area contributed by atoms with E-state index in [9.17, 15) is 0 Å². The van der Waals surface area contributed by atoms with E-state index in [1.807, 2.05) is 18.2 Å². The maximum absolute atomic E-state index is 5.52. The summed E-state index contributed by atoms with van der Waals surface area (Å²) in [6, 6.07) is 5.78. The normalized spacial score (nSPS) is 15.2. The molecule has 0 aromatic heterocycles. The summed E-state index contributed by atoms with van der Waals surface area (Å²) in [5.41, 5.74) is 1.05. The van der Waals surface area contributed by atoms with Crippen molar-refractivity contribution in [2.75, 3.05) is 40.5 Å². The Morgan fingerprint density at radius 1 is 1.26 bits per heavy atom. The van der Waals surface area contributed by atoms with Crippen molar-refractivity contribution in [1.82, 2.24) is 4.90 Å². The van der Waals surface area contributed by atoms with Crippen LogP contribution in [0.1, 0.15) is 5.56 Å². The Hall–Kier alpha value is -1.33. The molecule has 1 aliphatic rings. The van der Waals surface area contributed by atoms with E-state index in [0.717, 1.165) is 48.4 Å². The summed E-state index contributed by atoms with van der Waals surface area (Å²) >= 11 is 5.52. The number of thiocarbonyl (C=S) groups is 1. The smallest absolute Gasteiger partial charge is 0.122 e. The SMILES string of the molecule is COc1ccc(OC)c(CC(=S)N2CCOCC2)c1. The van der Waals surface area contributed by atoms with Crippen LogP contribution >= 0.6 is 12.2 Å². The van der Waals surface area contributed by atoms with Crippen LogP contribution in [0.3, 0.4) is 0 Å². The first-order valence-corrected chi connectivity index (χ1v) is 6.72. The van der Waals surface area contributed by atoms with Crippen LogP contribution in [-0.2, 0) is 11.2 Å². The van der Waals surface area contributed by atoms with Gasteiger partial charge in [0, 0.05) is 25.1 Å². The molecule has 1 fully saturated rings. The molecule has 0 aliphatic carbocycles. The first-order valence-electron chi connectivity index (χ1n) is 6.31. The van der Waals surface area contributed by atoms with Gasteiger partial charge in [-0.15, -0.1) is 0 Å². The molecule has 0 N–H and O–H groups in total. The quantitative estimate of drug-likeness (QED) is 0.787. The highest BCUT2D eigenvalue weighted by Crippen LogP contribution is 2.25. The highest BCUT2D eigenvalue weighted by atomic mass is 32.1. The molecule has 4 nitrogen and oxygen atoms in total. The van der Waals surface area contributed by atoms with Crippen molar-refractivity contribution in [3.8, 4) is 11.5 Å². The van der Waals surface area contributed by atoms with Gasteiger partial charge in [0.25, 0.3) is 0 Å². The van der Waals surface area contributed by atoms with Gasteiger partial charge in [-0.2, -0.15) is 0 Å². The number of nitrogens with zero attached hydrogens (tertiary/aromatic N) is 1. The minimum absolute atomic E-state index is 0.690. The maximum atomic E-state index is 5.52. The van der Waals surface area contributed by atoms with E-state index in [4.69, 9.17) is 26.4 Å². The lowest BCUT2D eigenvalue weighted by molar-refractivity contribution is 0.0684. The van der Waals surface area contributed by atoms with Crippen molar-refractivity contribution in [3.05, 3.63) is 23.8 Å². The fourth-order valence-electron chi connectivity index (χ4n) is 2.11. The molecule has 1 saturated heterocycles. The van der Waals surface area contributed by atoms with Gasteiger partial charge in [0.05, 0.1) is 32.4 Å². The van der Waals surface area contributed by atoms with Crippen LogP contribution in [0.4, 0.5) is 0 Å². The standard InChI is InChI=1S/C14H19NO3S/c1-16-12-3-4-13(17-2)11(9-12)10-14(19)15-5-7-18-8-6-15/h3-4,9H,5-8,10H2,1-2H3. The van der Waals surface area contributed by atoms with Crippen molar-refractivity contribution >= 4 is 17.2 Å². The van der Waals surface area contributed by atoms with Crippen LogP contribution in [0.15, 0.2) is 18.2 Å². The fraction of sp³-hybridized carbons (Fsp3) is 0.500. The molecule has 1 heterocycles. The second-order valence-electron chi connectivity index (χ2n) is 4.35. The number of ether oxygens (including phenoxy) is 3. The van der Waals surface area contributed by atoms with Crippen LogP contribution in [0.5, 0.6) is 11.5 Å². The highest BCUT2D eigenvalue weighted by Gasteiger charge is 2.16. The van der Waals surface area contributed by atoms with Gasteiger partial charge in [-0.05, 0) is 18.2 Å². The van der Waals surface area contributed by atoms with E-state index in [2.05, 4.69) is 4.90 Å². The molecule has 0 unspecified atom stereocenters. The summed E-state index contributed by atoms with van der Waals surface area (Å²) in [4.78, 5) is 3.12. The average molecular weight is 281 g/mol. The molecular formula is C14H19NO3S. The molecule has 0 spiro atoms. The Balaban J connectivity index is 2.10. The molecule has 19 heavy (non-hydrogen) atoms. The van der Waals surface area contributed by atoms with Gasteiger partial charge in [-0.1, -0.05) is 12.2 Å². The molecule has 5 heteroatoms. The van der Waals surface area contributed by atoms with Gasteiger partial charge in [0.15, 0.2) is 0 Å². The van der Waals surface area contributed by atoms with Crippen LogP contribution in [0.25, 0.3) is 0 Å². The van der Waals surface area contributed by atoms with E-state index in [1.54, 1.807) is 14.2 Å². The zero-order valence-corrected chi connectivity index (χ0v) is 12.2. The van der Waals surface area contributed by atoms with Gasteiger partial charge >= 0.3 is 0 Å². The Labute approximate surface area is 119 Å². The molecule has 0 atom stereocenters. The lowest BCUT2D eigenvalue weighted by atomic mass is 10.1. The van der Waals surface area contributed by atoms with Gasteiger partial charge in [0.1, 0.15) is 11.5 Å². The summed E-state index contributed by atoms with van der Waals surface area (Å²) < 4.78 is 16.0. The van der Waals surface area contributed by atoms with Crippen molar-refractivity contribution in [1.29, 1.82) is 0 Å². The maximum Gasteiger partial charge on any atom is 0.122 e. The molecular weight excluding hydrogens is 262 g/mol. The minimum atomic E-state index is 0.690. The molecule has 0 saturated carbocycles. The molecule has 1 aromatic carbocycles. The van der Waals surface area contributed by atoms with Crippen molar-refractivity contribution < 1.29 is 14.2 Å². The summed E-state index contributed by atoms with van der Waals surface area (Å²) in [5.74, 6) is 1.66. The lowest BCUT2D eigenvalue weighted by Crippen LogP contribution is -2.40. The predicted molar refractivity (Wildman–Crippen MR) is 78.2 cm³/mol. The molecule has 0 amide bonds. The fourth-order valence-corrected chi connectivity index (χ4v) is 2.45. The second kappa shape index (κ2) is 6.73. The Kier molecular flexibility index (Phi) is 4.99. The number of rotatable bonds is 4.